The number of aliphatic hydroxyl groups is 1. The summed E-state index contributed by atoms with van der Waals surface area (Å²) in [5.41, 5.74) is -0.883. The fourth-order valence-corrected chi connectivity index (χ4v) is 7.51. The van der Waals surface area contributed by atoms with E-state index >= 15 is 0 Å². The Balaban J connectivity index is 0.000000447. The highest BCUT2D eigenvalue weighted by atomic mass is 32.2. The molecule has 0 bridgehead atoms. The molecular formula is C34H61N7O13S3. The molecule has 23 heteroatoms. The number of hydrogen-bond acceptors (Lipinski definition) is 14. The largest absolute Gasteiger partial charge is 0.445 e. The van der Waals surface area contributed by atoms with Crippen LogP contribution in [0.1, 0.15) is 53.9 Å². The Kier molecular flexibility index (Phi) is 21.4. The summed E-state index contributed by atoms with van der Waals surface area (Å²) in [4.78, 5) is 51.9. The quantitative estimate of drug-likeness (QED) is 0.101. The van der Waals surface area contributed by atoms with Gasteiger partial charge in [0, 0.05) is 37.5 Å². The van der Waals surface area contributed by atoms with Crippen LogP contribution in [0.5, 0.6) is 0 Å². The van der Waals surface area contributed by atoms with Crippen molar-refractivity contribution in [1.29, 1.82) is 0 Å². The van der Waals surface area contributed by atoms with Gasteiger partial charge in [0.2, 0.25) is 0 Å². The van der Waals surface area contributed by atoms with Crippen molar-refractivity contribution in [2.75, 3.05) is 59.2 Å². The maximum Gasteiger partial charge on any atom is 0.425 e. The van der Waals surface area contributed by atoms with E-state index < -0.39 is 50.3 Å². The Hall–Kier alpha value is -3.61. The summed E-state index contributed by atoms with van der Waals surface area (Å²) in [6.45, 7) is 20.8. The predicted molar refractivity (Wildman–Crippen MR) is 215 cm³/mol. The lowest BCUT2D eigenvalue weighted by Gasteiger charge is -2.30. The lowest BCUT2D eigenvalue weighted by Crippen LogP contribution is -2.50. The van der Waals surface area contributed by atoms with Gasteiger partial charge in [0.05, 0.1) is 25.2 Å². The van der Waals surface area contributed by atoms with Gasteiger partial charge in [-0.25, -0.2) is 34.2 Å². The number of thiol groups is 1. The van der Waals surface area contributed by atoms with Crippen LogP contribution in [0.4, 0.5) is 19.2 Å². The van der Waals surface area contributed by atoms with Crippen LogP contribution >= 0.6 is 12.6 Å². The maximum atomic E-state index is 12.2. The standard InChI is InChI=1S/C15H27N3O6S.C10H17NO3.C9H17N3O4S2/c1-6-7-23-13(19)17-9-11(2)8-12(17)10-18(25(16,21)22)14(20)24-15(3,4)5;1-3-4-14-10(13)11-6-8(2)5-9(11)7-12;1-2-3-16-9(13)12-6-8(17)4-7(12)5-11-18(10,14)15/h6,11-12H,1,7-10H2,2-5H3,(H2,16,21,22);3,8-9,12H,1,4-7H2,2H3;2,7-8,11,17H,1,3-6H2,(H2,10,14,15)/t11-,12-;8-,9-;7-,8-/m000/s1. The zero-order chi connectivity index (χ0) is 43.7. The van der Waals surface area contributed by atoms with Crippen LogP contribution in [-0.2, 0) is 39.4 Å². The molecule has 3 heterocycles. The van der Waals surface area contributed by atoms with Gasteiger partial charge in [-0.3, -0.25) is 0 Å². The van der Waals surface area contributed by atoms with E-state index in [1.165, 1.54) is 28.0 Å². The number of likely N-dealkylation sites (tertiary alicyclic amines) is 3. The summed E-state index contributed by atoms with van der Waals surface area (Å²) in [6, 6.07) is -0.927. The fourth-order valence-electron chi connectivity index (χ4n) is 6.04. The molecule has 3 fully saturated rings. The third-order valence-electron chi connectivity index (χ3n) is 8.33. The van der Waals surface area contributed by atoms with Gasteiger partial charge in [0.25, 0.3) is 10.2 Å². The molecule has 0 aromatic rings. The molecular weight excluding hydrogens is 811 g/mol. The summed E-state index contributed by atoms with van der Waals surface area (Å²) >= 11 is 4.28. The first-order valence-electron chi connectivity index (χ1n) is 18.1. The SMILES string of the molecule is C=CCOC(=O)N1C[C@@H](C)C[C@H]1CN(C(=O)OC(C)(C)C)S(N)(=O)=O.C=CCOC(=O)N1C[C@@H](C)C[C@H]1CO.C=CCOC(=O)N1C[C@@H](S)C[C@H]1CNS(N)(=O)=O. The van der Waals surface area contributed by atoms with Crippen molar-refractivity contribution in [3.05, 3.63) is 38.0 Å². The van der Waals surface area contributed by atoms with Crippen LogP contribution < -0.4 is 15.0 Å². The van der Waals surface area contributed by atoms with Crippen LogP contribution in [0.15, 0.2) is 38.0 Å². The molecule has 328 valence electrons. The second-order valence-corrected chi connectivity index (χ2v) is 18.3. The van der Waals surface area contributed by atoms with E-state index in [9.17, 15) is 36.0 Å². The minimum atomic E-state index is -4.34. The van der Waals surface area contributed by atoms with Gasteiger partial charge in [-0.2, -0.15) is 33.8 Å². The number of carbonyl (C=O) groups excluding carboxylic acids is 4. The van der Waals surface area contributed by atoms with Gasteiger partial charge < -0.3 is 38.8 Å². The molecule has 20 nitrogen and oxygen atoms in total. The molecule has 0 aliphatic carbocycles. The van der Waals surface area contributed by atoms with Crippen LogP contribution in [-0.4, -0.2) is 153 Å². The lowest BCUT2D eigenvalue weighted by atomic mass is 10.1. The molecule has 0 spiro atoms. The maximum absolute atomic E-state index is 12.2. The summed E-state index contributed by atoms with van der Waals surface area (Å²) in [6.07, 6.45) is 3.84. The summed E-state index contributed by atoms with van der Waals surface area (Å²) in [7, 11) is -8.11. The highest BCUT2D eigenvalue weighted by Gasteiger charge is 2.40. The monoisotopic (exact) mass is 871 g/mol. The molecule has 6 N–H and O–H groups in total. The van der Waals surface area contributed by atoms with E-state index in [0.29, 0.717) is 42.7 Å². The predicted octanol–water partition coefficient (Wildman–Crippen LogP) is 1.95. The Morgan fingerprint density at radius 3 is 1.60 bits per heavy atom. The number of ether oxygens (including phenoxy) is 4. The number of hydrogen-bond donors (Lipinski definition) is 5. The molecule has 0 unspecified atom stereocenters. The van der Waals surface area contributed by atoms with E-state index in [1.54, 1.807) is 25.7 Å². The van der Waals surface area contributed by atoms with Gasteiger partial charge in [0.15, 0.2) is 0 Å². The summed E-state index contributed by atoms with van der Waals surface area (Å²) in [5, 5.41) is 19.1. The number of rotatable bonds is 13. The second-order valence-electron chi connectivity index (χ2n) is 14.7. The van der Waals surface area contributed by atoms with Crippen molar-refractivity contribution in [2.45, 2.75) is 82.9 Å². The van der Waals surface area contributed by atoms with Crippen molar-refractivity contribution in [3.8, 4) is 0 Å². The number of nitrogens with two attached hydrogens (primary N) is 2. The normalized spacial score (nSPS) is 23.2. The molecule has 3 saturated heterocycles. The second kappa shape index (κ2) is 23.7. The molecule has 0 saturated carbocycles. The Bertz CT molecular complexity index is 1590. The number of nitrogens with one attached hydrogen (secondary N) is 1. The van der Waals surface area contributed by atoms with Crippen LogP contribution in [0.25, 0.3) is 0 Å². The highest BCUT2D eigenvalue weighted by molar-refractivity contribution is 7.87. The number of aliphatic hydroxyl groups excluding tert-OH is 1. The van der Waals surface area contributed by atoms with Crippen LogP contribution in [0, 0.1) is 11.8 Å². The molecule has 0 radical (unpaired) electrons. The van der Waals surface area contributed by atoms with Crippen molar-refractivity contribution >= 4 is 57.4 Å². The van der Waals surface area contributed by atoms with Gasteiger partial charge >= 0.3 is 34.6 Å². The van der Waals surface area contributed by atoms with Gasteiger partial charge in [-0.15, -0.1) is 0 Å². The number of amides is 4. The molecule has 6 atom stereocenters. The van der Waals surface area contributed by atoms with Crippen molar-refractivity contribution in [2.24, 2.45) is 22.1 Å². The average Bonchev–Trinajstić information content (AvgIpc) is 3.80. The molecule has 57 heavy (non-hydrogen) atoms. The van der Waals surface area contributed by atoms with E-state index in [-0.39, 0.29) is 68.9 Å². The molecule has 0 aromatic heterocycles. The number of carbonyl (C=O) groups is 4. The first-order valence-corrected chi connectivity index (χ1v) is 21.7. The van der Waals surface area contributed by atoms with E-state index in [1.807, 2.05) is 6.92 Å². The molecule has 3 aliphatic rings. The molecule has 3 rings (SSSR count). The first-order chi connectivity index (χ1) is 26.4. The summed E-state index contributed by atoms with van der Waals surface area (Å²) in [5.74, 6) is 0.561. The van der Waals surface area contributed by atoms with Gasteiger partial charge in [-0.1, -0.05) is 51.8 Å². The number of nitrogens with zero attached hydrogens (tertiary/aromatic N) is 4. The smallest absolute Gasteiger partial charge is 0.425 e. The average molecular weight is 872 g/mol. The Morgan fingerprint density at radius 1 is 0.789 bits per heavy atom. The highest BCUT2D eigenvalue weighted by Crippen LogP contribution is 2.26. The zero-order valence-corrected chi connectivity index (χ0v) is 35.9. The molecule has 3 aliphatic heterocycles. The fraction of sp³-hybridized carbons (Fsp3) is 0.706. The van der Waals surface area contributed by atoms with Crippen molar-refractivity contribution in [1.82, 2.24) is 23.7 Å². The van der Waals surface area contributed by atoms with Gasteiger partial charge in [0.1, 0.15) is 25.4 Å². The van der Waals surface area contributed by atoms with Crippen molar-refractivity contribution in [3.63, 3.8) is 0 Å². The zero-order valence-electron chi connectivity index (χ0n) is 33.4. The topological polar surface area (TPSA) is 271 Å². The van der Waals surface area contributed by atoms with E-state index in [4.69, 9.17) is 34.3 Å². The van der Waals surface area contributed by atoms with Gasteiger partial charge in [-0.05, 0) is 51.9 Å². The van der Waals surface area contributed by atoms with Crippen LogP contribution in [0.3, 0.4) is 0 Å². The Morgan fingerprint density at radius 2 is 1.21 bits per heavy atom. The lowest BCUT2D eigenvalue weighted by molar-refractivity contribution is 0.0354. The summed E-state index contributed by atoms with van der Waals surface area (Å²) < 4.78 is 67.9. The molecule has 4 amide bonds. The Labute approximate surface area is 342 Å². The van der Waals surface area contributed by atoms with E-state index in [2.05, 4.69) is 44.0 Å². The van der Waals surface area contributed by atoms with Crippen molar-refractivity contribution < 1.29 is 60.1 Å². The third-order valence-corrected chi connectivity index (χ3v) is 10.2. The minimum absolute atomic E-state index is 0.00596. The molecule has 0 aromatic carbocycles. The van der Waals surface area contributed by atoms with E-state index in [0.717, 1.165) is 6.42 Å². The first kappa shape index (κ1) is 51.4. The third kappa shape index (κ3) is 19.1. The minimum Gasteiger partial charge on any atom is -0.445 e. The van der Waals surface area contributed by atoms with Crippen LogP contribution in [0.2, 0.25) is 0 Å².